The summed E-state index contributed by atoms with van der Waals surface area (Å²) in [4.78, 5) is 23.8. The van der Waals surface area contributed by atoms with E-state index in [0.29, 0.717) is 6.42 Å². The van der Waals surface area contributed by atoms with Gasteiger partial charge in [-0.25, -0.2) is 4.39 Å². The lowest BCUT2D eigenvalue weighted by Crippen LogP contribution is -2.34. The van der Waals surface area contributed by atoms with Crippen LogP contribution in [-0.2, 0) is 4.79 Å². The topological polar surface area (TPSA) is 124 Å². The van der Waals surface area contributed by atoms with Crippen molar-refractivity contribution >= 4 is 41.5 Å². The van der Waals surface area contributed by atoms with Gasteiger partial charge < -0.3 is 16.8 Å². The molecule has 0 aliphatic carbocycles. The fourth-order valence-electron chi connectivity index (χ4n) is 2.77. The minimum Gasteiger partial charge on any atom is -0.382 e. The summed E-state index contributed by atoms with van der Waals surface area (Å²) in [7, 11) is 0. The van der Waals surface area contributed by atoms with Gasteiger partial charge in [0.25, 0.3) is 0 Å². The van der Waals surface area contributed by atoms with Crippen LogP contribution < -0.4 is 16.8 Å². The molecule has 0 aliphatic rings. The van der Waals surface area contributed by atoms with Gasteiger partial charge in [-0.3, -0.25) is 9.59 Å². The molecule has 0 unspecified atom stereocenters. The lowest BCUT2D eigenvalue weighted by Gasteiger charge is -2.23. The number of hydrogen-bond donors (Lipinski definition) is 3. The molecule has 2 atom stereocenters. The third-order valence-corrected chi connectivity index (χ3v) is 4.36. The van der Waals surface area contributed by atoms with E-state index in [1.165, 1.54) is 24.3 Å². The van der Waals surface area contributed by atoms with Crippen molar-refractivity contribution in [2.75, 3.05) is 5.73 Å². The molecule has 2 rings (SSSR count). The number of benzene rings is 1. The minimum absolute atomic E-state index is 0. The quantitative estimate of drug-likeness (QED) is 0.554. The van der Waals surface area contributed by atoms with Crippen LogP contribution in [0.1, 0.15) is 54.3 Å². The molecule has 152 valence electrons. The number of amides is 1. The number of nitrogens with zero attached hydrogens (tertiary/aromatic N) is 2. The van der Waals surface area contributed by atoms with Crippen molar-refractivity contribution < 1.29 is 14.0 Å². The fourth-order valence-corrected chi connectivity index (χ4v) is 3.00. The van der Waals surface area contributed by atoms with E-state index in [1.54, 1.807) is 6.92 Å². The van der Waals surface area contributed by atoms with Crippen molar-refractivity contribution in [1.29, 1.82) is 0 Å². The number of carbonyl (C=O) groups excluding carboxylic acids is 2. The van der Waals surface area contributed by atoms with Gasteiger partial charge in [-0.2, -0.15) is 0 Å². The molecule has 0 spiro atoms. The molecular weight excluding hydrogens is 408 g/mol. The van der Waals surface area contributed by atoms with Crippen molar-refractivity contribution in [2.24, 2.45) is 5.73 Å². The SMILES string of the molecule is CC[C@@H](N[C@H](C)CC(N)=O)c1ccc(Cl)c(C(=O)c2ccc(N)nn2)c1F.Cl. The summed E-state index contributed by atoms with van der Waals surface area (Å²) >= 11 is 6.08. The van der Waals surface area contributed by atoms with Crippen LogP contribution in [0, 0.1) is 5.82 Å². The second-order valence-electron chi connectivity index (χ2n) is 6.20. The van der Waals surface area contributed by atoms with E-state index in [-0.39, 0.29) is 52.5 Å². The summed E-state index contributed by atoms with van der Waals surface area (Å²) in [6.07, 6.45) is 0.634. The number of aromatic nitrogens is 2. The number of nitrogens with one attached hydrogen (secondary N) is 1. The first-order valence-electron chi connectivity index (χ1n) is 8.40. The summed E-state index contributed by atoms with van der Waals surface area (Å²) < 4.78 is 15.2. The first-order valence-corrected chi connectivity index (χ1v) is 8.78. The molecule has 1 aromatic heterocycles. The predicted octanol–water partition coefficient (Wildman–Crippen LogP) is 2.81. The van der Waals surface area contributed by atoms with E-state index in [4.69, 9.17) is 23.1 Å². The van der Waals surface area contributed by atoms with Crippen LogP contribution in [0.5, 0.6) is 0 Å². The number of nitrogen functional groups attached to an aromatic ring is 1. The minimum atomic E-state index is -0.739. The fraction of sp³-hybridized carbons (Fsp3) is 0.333. The van der Waals surface area contributed by atoms with Crippen LogP contribution >= 0.6 is 24.0 Å². The zero-order valence-electron chi connectivity index (χ0n) is 15.4. The molecule has 2 aromatic rings. The maximum Gasteiger partial charge on any atom is 0.218 e. The number of halogens is 3. The molecule has 0 saturated heterocycles. The second-order valence-corrected chi connectivity index (χ2v) is 6.60. The molecule has 0 fully saturated rings. The van der Waals surface area contributed by atoms with Crippen molar-refractivity contribution in [2.45, 2.75) is 38.8 Å². The van der Waals surface area contributed by atoms with Crippen LogP contribution in [0.25, 0.3) is 0 Å². The Hall–Kier alpha value is -2.29. The van der Waals surface area contributed by atoms with Gasteiger partial charge in [-0.1, -0.05) is 24.6 Å². The normalized spacial score (nSPS) is 12.7. The van der Waals surface area contributed by atoms with Gasteiger partial charge in [0.2, 0.25) is 11.7 Å². The Morgan fingerprint density at radius 2 is 1.93 bits per heavy atom. The third kappa shape index (κ3) is 5.60. The Morgan fingerprint density at radius 3 is 2.46 bits per heavy atom. The number of ketones is 1. The number of carbonyl (C=O) groups is 2. The number of anilines is 1. The maximum atomic E-state index is 15.2. The highest BCUT2D eigenvalue weighted by atomic mass is 35.5. The molecule has 0 radical (unpaired) electrons. The van der Waals surface area contributed by atoms with Crippen molar-refractivity contribution in [1.82, 2.24) is 15.5 Å². The number of nitrogens with two attached hydrogens (primary N) is 2. The molecule has 5 N–H and O–H groups in total. The van der Waals surface area contributed by atoms with Crippen LogP contribution in [0.2, 0.25) is 5.02 Å². The molecule has 10 heteroatoms. The van der Waals surface area contributed by atoms with Crippen molar-refractivity contribution in [3.05, 3.63) is 51.9 Å². The smallest absolute Gasteiger partial charge is 0.218 e. The van der Waals surface area contributed by atoms with Crippen molar-refractivity contribution in [3.63, 3.8) is 0 Å². The zero-order valence-corrected chi connectivity index (χ0v) is 17.0. The van der Waals surface area contributed by atoms with Crippen LogP contribution in [-0.4, -0.2) is 27.9 Å². The molecule has 1 aromatic carbocycles. The molecule has 1 heterocycles. The average molecular weight is 430 g/mol. The maximum absolute atomic E-state index is 15.2. The van der Waals surface area contributed by atoms with Gasteiger partial charge in [0.15, 0.2) is 0 Å². The standard InChI is InChI=1S/C18H21ClFN5O2.ClH/c1-3-12(23-9(2)8-15(22)26)10-4-5-11(19)16(17(10)20)18(27)13-6-7-14(21)25-24-13;/h4-7,9,12,23H,3,8H2,1-2H3,(H2,21,25)(H2,22,26);1H/t9-,12-;/m1./s1. The van der Waals surface area contributed by atoms with Gasteiger partial charge in [0, 0.05) is 24.1 Å². The van der Waals surface area contributed by atoms with E-state index in [0.717, 1.165) is 0 Å². The molecule has 0 aliphatic heterocycles. The zero-order chi connectivity index (χ0) is 20.1. The van der Waals surface area contributed by atoms with E-state index in [1.807, 2.05) is 6.92 Å². The molecule has 1 amide bonds. The van der Waals surface area contributed by atoms with E-state index >= 15 is 4.39 Å². The first-order chi connectivity index (χ1) is 12.7. The number of rotatable bonds is 8. The highest BCUT2D eigenvalue weighted by Gasteiger charge is 2.25. The average Bonchev–Trinajstić information content (AvgIpc) is 2.60. The van der Waals surface area contributed by atoms with Gasteiger partial charge >= 0.3 is 0 Å². The highest BCUT2D eigenvalue weighted by molar-refractivity contribution is 6.35. The molecular formula is C18H22Cl2FN5O2. The Labute approximate surface area is 173 Å². The second kappa shape index (κ2) is 10.3. The molecule has 0 saturated carbocycles. The molecule has 7 nitrogen and oxygen atoms in total. The van der Waals surface area contributed by atoms with E-state index < -0.39 is 23.5 Å². The number of hydrogen-bond acceptors (Lipinski definition) is 6. The third-order valence-electron chi connectivity index (χ3n) is 4.04. The Kier molecular flexibility index (Phi) is 8.74. The first kappa shape index (κ1) is 23.7. The summed E-state index contributed by atoms with van der Waals surface area (Å²) in [6.45, 7) is 3.63. The van der Waals surface area contributed by atoms with Gasteiger partial charge in [-0.15, -0.1) is 22.6 Å². The lowest BCUT2D eigenvalue weighted by atomic mass is 9.97. The predicted molar refractivity (Wildman–Crippen MR) is 108 cm³/mol. The monoisotopic (exact) mass is 429 g/mol. The summed E-state index contributed by atoms with van der Waals surface area (Å²) in [5, 5.41) is 10.4. The largest absolute Gasteiger partial charge is 0.382 e. The summed E-state index contributed by atoms with van der Waals surface area (Å²) in [5.74, 6) is -1.74. The van der Waals surface area contributed by atoms with Crippen LogP contribution in [0.3, 0.4) is 0 Å². The molecule has 28 heavy (non-hydrogen) atoms. The van der Waals surface area contributed by atoms with Gasteiger partial charge in [0.1, 0.15) is 17.3 Å². The van der Waals surface area contributed by atoms with Crippen molar-refractivity contribution in [3.8, 4) is 0 Å². The Bertz CT molecular complexity index is 849. The summed E-state index contributed by atoms with van der Waals surface area (Å²) in [5.41, 5.74) is 10.6. The highest BCUT2D eigenvalue weighted by Crippen LogP contribution is 2.29. The van der Waals surface area contributed by atoms with E-state index in [2.05, 4.69) is 15.5 Å². The van der Waals surface area contributed by atoms with Gasteiger partial charge in [0.05, 0.1) is 10.6 Å². The Balaban J connectivity index is 0.00000392. The van der Waals surface area contributed by atoms with Crippen LogP contribution in [0.4, 0.5) is 10.2 Å². The summed E-state index contributed by atoms with van der Waals surface area (Å²) in [6, 6.07) is 5.04. The molecule has 0 bridgehead atoms. The number of primary amides is 1. The van der Waals surface area contributed by atoms with Crippen LogP contribution in [0.15, 0.2) is 24.3 Å². The van der Waals surface area contributed by atoms with E-state index in [9.17, 15) is 9.59 Å². The van der Waals surface area contributed by atoms with Gasteiger partial charge in [-0.05, 0) is 31.5 Å². The lowest BCUT2D eigenvalue weighted by molar-refractivity contribution is -0.118. The Morgan fingerprint density at radius 1 is 1.25 bits per heavy atom.